The Balaban J connectivity index is 1.90. The molecule has 0 aliphatic rings. The summed E-state index contributed by atoms with van der Waals surface area (Å²) in [6.07, 6.45) is 2.09. The Bertz CT molecular complexity index is 881. The second-order valence-corrected chi connectivity index (χ2v) is 6.26. The van der Waals surface area contributed by atoms with Crippen LogP contribution < -0.4 is 0 Å². The molecule has 7 heteroatoms. The predicted molar refractivity (Wildman–Crippen MR) is 96.7 cm³/mol. The quantitative estimate of drug-likeness (QED) is 0.626. The Labute approximate surface area is 155 Å². The van der Waals surface area contributed by atoms with Crippen molar-refractivity contribution in [3.05, 3.63) is 70.3 Å². The van der Waals surface area contributed by atoms with E-state index in [2.05, 4.69) is 10.3 Å². The molecule has 0 radical (unpaired) electrons. The zero-order valence-corrected chi connectivity index (χ0v) is 14.9. The monoisotopic (exact) mass is 375 g/mol. The molecular formula is C18H15Cl2N3O2. The summed E-state index contributed by atoms with van der Waals surface area (Å²) in [5.74, 6) is -0.407. The van der Waals surface area contributed by atoms with Crippen molar-refractivity contribution in [2.45, 2.75) is 12.5 Å². The van der Waals surface area contributed by atoms with E-state index in [1.807, 2.05) is 36.4 Å². The summed E-state index contributed by atoms with van der Waals surface area (Å²) in [5, 5.41) is 9.16. The van der Waals surface area contributed by atoms with E-state index in [0.29, 0.717) is 22.2 Å². The fourth-order valence-electron chi connectivity index (χ4n) is 2.48. The summed E-state index contributed by atoms with van der Waals surface area (Å²) in [6.45, 7) is 0. The minimum Gasteiger partial charge on any atom is -0.467 e. The summed E-state index contributed by atoms with van der Waals surface area (Å²) in [7, 11) is 1.35. The van der Waals surface area contributed by atoms with Crippen molar-refractivity contribution in [1.29, 1.82) is 0 Å². The molecule has 1 heterocycles. The fourth-order valence-corrected chi connectivity index (χ4v) is 2.80. The van der Waals surface area contributed by atoms with E-state index in [0.717, 1.165) is 11.1 Å². The van der Waals surface area contributed by atoms with Gasteiger partial charge in [0.2, 0.25) is 0 Å². The van der Waals surface area contributed by atoms with Crippen LogP contribution in [-0.4, -0.2) is 28.1 Å². The van der Waals surface area contributed by atoms with Crippen LogP contribution in [-0.2, 0) is 16.0 Å². The minimum absolute atomic E-state index is 0.362. The van der Waals surface area contributed by atoms with Gasteiger partial charge in [0.15, 0.2) is 6.04 Å². The summed E-state index contributed by atoms with van der Waals surface area (Å²) < 4.78 is 6.43. The van der Waals surface area contributed by atoms with E-state index >= 15 is 0 Å². The first-order chi connectivity index (χ1) is 12.1. The molecule has 2 aromatic carbocycles. The molecular weight excluding hydrogens is 361 g/mol. The number of carbonyl (C=O) groups excluding carboxylic acids is 1. The third kappa shape index (κ3) is 4.00. The van der Waals surface area contributed by atoms with Crippen molar-refractivity contribution in [3.63, 3.8) is 0 Å². The molecule has 0 saturated heterocycles. The number of benzene rings is 2. The highest BCUT2D eigenvalue weighted by atomic mass is 35.5. The molecule has 5 nitrogen and oxygen atoms in total. The van der Waals surface area contributed by atoms with Crippen molar-refractivity contribution in [1.82, 2.24) is 15.0 Å². The average Bonchev–Trinajstić information content (AvgIpc) is 3.12. The SMILES string of the molecule is COC(=O)C(Cc1ccc(Cl)c(Cl)c1)n1cc(-c2ccccc2)nn1. The zero-order valence-electron chi connectivity index (χ0n) is 13.4. The van der Waals surface area contributed by atoms with Gasteiger partial charge in [0.25, 0.3) is 0 Å². The number of esters is 1. The molecule has 0 saturated carbocycles. The van der Waals surface area contributed by atoms with Crippen LogP contribution in [0.2, 0.25) is 10.0 Å². The van der Waals surface area contributed by atoms with E-state index in [1.54, 1.807) is 18.3 Å². The Kier molecular flexibility index (Phi) is 5.36. The lowest BCUT2D eigenvalue weighted by Crippen LogP contribution is -2.23. The van der Waals surface area contributed by atoms with Crippen LogP contribution in [0.1, 0.15) is 11.6 Å². The topological polar surface area (TPSA) is 57.0 Å². The number of aromatic nitrogens is 3. The highest BCUT2D eigenvalue weighted by Gasteiger charge is 2.24. The molecule has 128 valence electrons. The van der Waals surface area contributed by atoms with Gasteiger partial charge in [0, 0.05) is 12.0 Å². The van der Waals surface area contributed by atoms with Gasteiger partial charge in [0.05, 0.1) is 23.4 Å². The lowest BCUT2D eigenvalue weighted by atomic mass is 10.1. The van der Waals surface area contributed by atoms with Gasteiger partial charge in [0.1, 0.15) is 5.69 Å². The number of hydrogen-bond donors (Lipinski definition) is 0. The zero-order chi connectivity index (χ0) is 17.8. The van der Waals surface area contributed by atoms with E-state index in [4.69, 9.17) is 27.9 Å². The van der Waals surface area contributed by atoms with Gasteiger partial charge >= 0.3 is 5.97 Å². The third-order valence-corrected chi connectivity index (χ3v) is 4.52. The normalized spacial score (nSPS) is 12.0. The summed E-state index contributed by atoms with van der Waals surface area (Å²) in [4.78, 5) is 12.2. The molecule has 1 unspecified atom stereocenters. The number of ether oxygens (including phenoxy) is 1. The van der Waals surface area contributed by atoms with Crippen molar-refractivity contribution in [3.8, 4) is 11.3 Å². The smallest absolute Gasteiger partial charge is 0.331 e. The largest absolute Gasteiger partial charge is 0.467 e. The lowest BCUT2D eigenvalue weighted by molar-refractivity contribution is -0.144. The standard InChI is InChI=1S/C18H15Cl2N3O2/c1-25-18(24)17(10-12-7-8-14(19)15(20)9-12)23-11-16(21-22-23)13-5-3-2-4-6-13/h2-9,11,17H,10H2,1H3. The average molecular weight is 376 g/mol. The minimum atomic E-state index is -0.646. The Hall–Kier alpha value is -2.37. The highest BCUT2D eigenvalue weighted by molar-refractivity contribution is 6.42. The molecule has 0 aliphatic heterocycles. The number of methoxy groups -OCH3 is 1. The summed E-state index contributed by atoms with van der Waals surface area (Å²) >= 11 is 12.0. The number of nitrogens with zero attached hydrogens (tertiary/aromatic N) is 3. The Morgan fingerprint density at radius 2 is 1.92 bits per heavy atom. The van der Waals surface area contributed by atoms with E-state index < -0.39 is 12.0 Å². The van der Waals surface area contributed by atoms with Gasteiger partial charge in [-0.25, -0.2) is 9.48 Å². The summed E-state index contributed by atoms with van der Waals surface area (Å²) in [6, 6.07) is 14.2. The maximum Gasteiger partial charge on any atom is 0.331 e. The Morgan fingerprint density at radius 3 is 2.60 bits per heavy atom. The molecule has 1 aromatic heterocycles. The van der Waals surface area contributed by atoms with Crippen LogP contribution in [0.3, 0.4) is 0 Å². The van der Waals surface area contributed by atoms with Crippen LogP contribution in [0.15, 0.2) is 54.7 Å². The molecule has 0 spiro atoms. The first-order valence-corrected chi connectivity index (χ1v) is 8.33. The summed E-state index contributed by atoms with van der Waals surface area (Å²) in [5.41, 5.74) is 2.46. The van der Waals surface area contributed by atoms with Crippen molar-refractivity contribution in [2.75, 3.05) is 7.11 Å². The van der Waals surface area contributed by atoms with Crippen LogP contribution in [0.5, 0.6) is 0 Å². The molecule has 25 heavy (non-hydrogen) atoms. The van der Waals surface area contributed by atoms with Gasteiger partial charge in [-0.15, -0.1) is 5.10 Å². The number of halogens is 2. The number of hydrogen-bond acceptors (Lipinski definition) is 4. The molecule has 0 bridgehead atoms. The molecule has 3 rings (SSSR count). The third-order valence-electron chi connectivity index (χ3n) is 3.79. The van der Waals surface area contributed by atoms with Crippen LogP contribution >= 0.6 is 23.2 Å². The van der Waals surface area contributed by atoms with Gasteiger partial charge in [-0.1, -0.05) is 64.8 Å². The molecule has 0 fully saturated rings. The lowest BCUT2D eigenvalue weighted by Gasteiger charge is -2.15. The van der Waals surface area contributed by atoms with E-state index in [1.165, 1.54) is 11.8 Å². The van der Waals surface area contributed by atoms with Gasteiger partial charge in [-0.3, -0.25) is 0 Å². The van der Waals surface area contributed by atoms with E-state index in [9.17, 15) is 4.79 Å². The van der Waals surface area contributed by atoms with Gasteiger partial charge in [-0.2, -0.15) is 0 Å². The van der Waals surface area contributed by atoms with Crippen LogP contribution in [0.4, 0.5) is 0 Å². The molecule has 1 atom stereocenters. The second kappa shape index (κ2) is 7.68. The predicted octanol–water partition coefficient (Wildman–Crippen LogP) is 4.21. The molecule has 0 aliphatic carbocycles. The van der Waals surface area contributed by atoms with E-state index in [-0.39, 0.29) is 0 Å². The molecule has 3 aromatic rings. The maximum atomic E-state index is 12.2. The second-order valence-electron chi connectivity index (χ2n) is 5.44. The van der Waals surface area contributed by atoms with Crippen molar-refractivity contribution >= 4 is 29.2 Å². The number of rotatable bonds is 5. The van der Waals surface area contributed by atoms with Gasteiger partial charge < -0.3 is 4.74 Å². The molecule has 0 amide bonds. The fraction of sp³-hybridized carbons (Fsp3) is 0.167. The highest BCUT2D eigenvalue weighted by Crippen LogP contribution is 2.26. The maximum absolute atomic E-state index is 12.2. The molecule has 0 N–H and O–H groups in total. The Morgan fingerprint density at radius 1 is 1.16 bits per heavy atom. The van der Waals surface area contributed by atoms with Crippen molar-refractivity contribution in [2.24, 2.45) is 0 Å². The number of carbonyl (C=O) groups is 1. The van der Waals surface area contributed by atoms with Crippen LogP contribution in [0, 0.1) is 0 Å². The van der Waals surface area contributed by atoms with Crippen LogP contribution in [0.25, 0.3) is 11.3 Å². The first-order valence-electron chi connectivity index (χ1n) is 7.57. The van der Waals surface area contributed by atoms with Gasteiger partial charge in [-0.05, 0) is 17.7 Å². The van der Waals surface area contributed by atoms with Crippen molar-refractivity contribution < 1.29 is 9.53 Å². The first kappa shape index (κ1) is 17.5.